The second-order valence-electron chi connectivity index (χ2n) is 4.94. The van der Waals surface area contributed by atoms with Gasteiger partial charge in [-0.2, -0.15) is 0 Å². The predicted octanol–water partition coefficient (Wildman–Crippen LogP) is 0.254. The van der Waals surface area contributed by atoms with Gasteiger partial charge in [0.2, 0.25) is 5.91 Å². The lowest BCUT2D eigenvalue weighted by Gasteiger charge is -2.15. The maximum absolute atomic E-state index is 11.6. The summed E-state index contributed by atoms with van der Waals surface area (Å²) < 4.78 is 4.70. The van der Waals surface area contributed by atoms with Crippen LogP contribution in [0.15, 0.2) is 0 Å². The fourth-order valence-corrected chi connectivity index (χ4v) is 1.91. The topological polar surface area (TPSA) is 58.6 Å². The summed E-state index contributed by atoms with van der Waals surface area (Å²) in [6.45, 7) is 6.61. The van der Waals surface area contributed by atoms with Crippen LogP contribution in [0.4, 0.5) is 0 Å². The average molecular weight is 242 g/mol. The molecule has 5 nitrogen and oxygen atoms in total. The monoisotopic (exact) mass is 242 g/mol. The molecular formula is C12H22N2O3. The molecular weight excluding hydrogens is 220 g/mol. The Morgan fingerprint density at radius 3 is 2.76 bits per heavy atom. The van der Waals surface area contributed by atoms with Crippen LogP contribution >= 0.6 is 0 Å². The van der Waals surface area contributed by atoms with E-state index in [9.17, 15) is 9.59 Å². The second-order valence-corrected chi connectivity index (χ2v) is 4.94. The number of carbonyl (C=O) groups excluding carboxylic acids is 2. The van der Waals surface area contributed by atoms with Gasteiger partial charge in [-0.25, -0.2) is 0 Å². The summed E-state index contributed by atoms with van der Waals surface area (Å²) in [7, 11) is 1.40. The lowest BCUT2D eigenvalue weighted by Crippen LogP contribution is -2.38. The van der Waals surface area contributed by atoms with Gasteiger partial charge in [0.25, 0.3) is 0 Å². The van der Waals surface area contributed by atoms with Crippen molar-refractivity contribution >= 4 is 11.9 Å². The molecule has 0 radical (unpaired) electrons. The van der Waals surface area contributed by atoms with Crippen LogP contribution in [0.2, 0.25) is 0 Å². The number of nitrogens with one attached hydrogen (secondary N) is 1. The van der Waals surface area contributed by atoms with Crippen LogP contribution in [0, 0.1) is 11.8 Å². The molecule has 1 heterocycles. The Bertz CT molecular complexity index is 279. The molecule has 1 N–H and O–H groups in total. The van der Waals surface area contributed by atoms with Gasteiger partial charge in [-0.1, -0.05) is 13.8 Å². The molecule has 1 rings (SSSR count). The zero-order chi connectivity index (χ0) is 12.8. The number of rotatable bonds is 5. The van der Waals surface area contributed by atoms with E-state index in [1.807, 2.05) is 4.90 Å². The molecule has 1 amide bonds. The third kappa shape index (κ3) is 4.73. The Kier molecular flexibility index (Phi) is 5.41. The number of esters is 1. The van der Waals surface area contributed by atoms with Gasteiger partial charge in [0, 0.05) is 13.1 Å². The molecule has 1 atom stereocenters. The fourth-order valence-electron chi connectivity index (χ4n) is 1.91. The summed E-state index contributed by atoms with van der Waals surface area (Å²) in [4.78, 5) is 24.9. The van der Waals surface area contributed by atoms with Crippen molar-refractivity contribution in [3.8, 4) is 0 Å². The van der Waals surface area contributed by atoms with Crippen LogP contribution in [0.5, 0.6) is 0 Å². The zero-order valence-electron chi connectivity index (χ0n) is 10.9. The van der Waals surface area contributed by atoms with Crippen LogP contribution in [-0.4, -0.2) is 50.1 Å². The van der Waals surface area contributed by atoms with E-state index in [4.69, 9.17) is 4.74 Å². The minimum Gasteiger partial charge on any atom is -0.469 e. The summed E-state index contributed by atoms with van der Waals surface area (Å²) in [6.07, 6.45) is 0.782. The quantitative estimate of drug-likeness (QED) is 0.702. The first-order chi connectivity index (χ1) is 8.02. The molecule has 0 saturated carbocycles. The van der Waals surface area contributed by atoms with E-state index in [-0.39, 0.29) is 17.8 Å². The Morgan fingerprint density at radius 1 is 1.47 bits per heavy atom. The molecule has 1 unspecified atom stereocenters. The van der Waals surface area contributed by atoms with E-state index < -0.39 is 0 Å². The van der Waals surface area contributed by atoms with E-state index in [0.717, 1.165) is 13.0 Å². The molecule has 0 aromatic heterocycles. The Morgan fingerprint density at radius 2 is 2.18 bits per heavy atom. The lowest BCUT2D eigenvalue weighted by molar-refractivity contribution is -0.145. The van der Waals surface area contributed by atoms with Crippen molar-refractivity contribution in [3.63, 3.8) is 0 Å². The summed E-state index contributed by atoms with van der Waals surface area (Å²) >= 11 is 0. The summed E-state index contributed by atoms with van der Waals surface area (Å²) in [5, 5.41) is 2.87. The predicted molar refractivity (Wildman–Crippen MR) is 64.4 cm³/mol. The van der Waals surface area contributed by atoms with E-state index in [0.29, 0.717) is 25.6 Å². The third-order valence-corrected chi connectivity index (χ3v) is 2.88. The molecule has 0 spiro atoms. The van der Waals surface area contributed by atoms with E-state index in [1.54, 1.807) is 0 Å². The van der Waals surface area contributed by atoms with Gasteiger partial charge in [-0.3, -0.25) is 14.5 Å². The average Bonchev–Trinajstić information content (AvgIpc) is 2.73. The molecule has 1 fully saturated rings. The van der Waals surface area contributed by atoms with Crippen LogP contribution in [0.3, 0.4) is 0 Å². The van der Waals surface area contributed by atoms with Crippen LogP contribution in [0.1, 0.15) is 20.3 Å². The minimum absolute atomic E-state index is 0.0317. The van der Waals surface area contributed by atoms with Crippen molar-refractivity contribution < 1.29 is 14.3 Å². The first kappa shape index (κ1) is 14.0. The largest absolute Gasteiger partial charge is 0.469 e. The van der Waals surface area contributed by atoms with Crippen molar-refractivity contribution in [1.82, 2.24) is 10.2 Å². The molecule has 98 valence electrons. The normalized spacial score (nSPS) is 20.6. The molecule has 1 aliphatic rings. The summed E-state index contributed by atoms with van der Waals surface area (Å²) in [5.41, 5.74) is 0. The number of methoxy groups -OCH3 is 1. The number of amides is 1. The highest BCUT2D eigenvalue weighted by atomic mass is 16.5. The van der Waals surface area contributed by atoms with Gasteiger partial charge in [0.05, 0.1) is 19.6 Å². The number of likely N-dealkylation sites (tertiary alicyclic amines) is 1. The molecule has 0 aromatic carbocycles. The number of nitrogens with zero attached hydrogens (tertiary/aromatic N) is 1. The van der Waals surface area contributed by atoms with Crippen molar-refractivity contribution in [2.24, 2.45) is 11.8 Å². The molecule has 1 aliphatic heterocycles. The first-order valence-corrected chi connectivity index (χ1v) is 6.09. The molecule has 0 bridgehead atoms. The molecule has 17 heavy (non-hydrogen) atoms. The standard InChI is InChI=1S/C12H22N2O3/c1-9(2)6-13-11(15)8-14-5-4-10(7-14)12(16)17-3/h9-10H,4-8H2,1-3H3,(H,13,15). The highest BCUT2D eigenvalue weighted by molar-refractivity contribution is 5.78. The van der Waals surface area contributed by atoms with Crippen LogP contribution in [-0.2, 0) is 14.3 Å². The number of ether oxygens (including phenoxy) is 1. The van der Waals surface area contributed by atoms with Gasteiger partial charge >= 0.3 is 5.97 Å². The van der Waals surface area contributed by atoms with Crippen molar-refractivity contribution in [2.75, 3.05) is 33.3 Å². The number of hydrogen-bond acceptors (Lipinski definition) is 4. The second kappa shape index (κ2) is 6.59. The van der Waals surface area contributed by atoms with Gasteiger partial charge in [-0.15, -0.1) is 0 Å². The summed E-state index contributed by atoms with van der Waals surface area (Å²) in [6, 6.07) is 0. The van der Waals surface area contributed by atoms with E-state index in [2.05, 4.69) is 19.2 Å². The smallest absolute Gasteiger partial charge is 0.310 e. The van der Waals surface area contributed by atoms with Gasteiger partial charge in [-0.05, 0) is 18.9 Å². The van der Waals surface area contributed by atoms with Gasteiger partial charge < -0.3 is 10.1 Å². The number of hydrogen-bond donors (Lipinski definition) is 1. The highest BCUT2D eigenvalue weighted by Crippen LogP contribution is 2.16. The molecule has 0 aliphatic carbocycles. The van der Waals surface area contributed by atoms with Crippen molar-refractivity contribution in [2.45, 2.75) is 20.3 Å². The third-order valence-electron chi connectivity index (χ3n) is 2.88. The Labute approximate surface area is 102 Å². The molecule has 1 saturated heterocycles. The Hall–Kier alpha value is -1.10. The van der Waals surface area contributed by atoms with Gasteiger partial charge in [0.15, 0.2) is 0 Å². The summed E-state index contributed by atoms with van der Waals surface area (Å²) in [5.74, 6) is 0.248. The van der Waals surface area contributed by atoms with E-state index in [1.165, 1.54) is 7.11 Å². The van der Waals surface area contributed by atoms with Crippen LogP contribution in [0.25, 0.3) is 0 Å². The highest BCUT2D eigenvalue weighted by Gasteiger charge is 2.29. The minimum atomic E-state index is -0.171. The van der Waals surface area contributed by atoms with Crippen molar-refractivity contribution in [3.05, 3.63) is 0 Å². The fraction of sp³-hybridized carbons (Fsp3) is 0.833. The Balaban J connectivity index is 2.25. The van der Waals surface area contributed by atoms with Crippen molar-refractivity contribution in [1.29, 1.82) is 0 Å². The van der Waals surface area contributed by atoms with Crippen LogP contribution < -0.4 is 5.32 Å². The maximum Gasteiger partial charge on any atom is 0.310 e. The maximum atomic E-state index is 11.6. The van der Waals surface area contributed by atoms with E-state index >= 15 is 0 Å². The molecule has 5 heteroatoms. The first-order valence-electron chi connectivity index (χ1n) is 6.09. The SMILES string of the molecule is COC(=O)C1CCN(CC(=O)NCC(C)C)C1. The molecule has 0 aromatic rings. The number of carbonyl (C=O) groups is 2. The zero-order valence-corrected chi connectivity index (χ0v) is 10.9. The lowest BCUT2D eigenvalue weighted by atomic mass is 10.1. The van der Waals surface area contributed by atoms with Gasteiger partial charge in [0.1, 0.15) is 0 Å².